The fourth-order valence-corrected chi connectivity index (χ4v) is 3.85. The molecule has 0 bridgehead atoms. The zero-order valence-corrected chi connectivity index (χ0v) is 18.3. The Morgan fingerprint density at radius 3 is 2.36 bits per heavy atom. The highest BCUT2D eigenvalue weighted by Gasteiger charge is 2.42. The number of rotatable bonds is 5. The summed E-state index contributed by atoms with van der Waals surface area (Å²) in [5.74, 6) is -0.674. The summed E-state index contributed by atoms with van der Waals surface area (Å²) in [7, 11) is 0. The topological polar surface area (TPSA) is 73.6 Å². The van der Waals surface area contributed by atoms with Crippen molar-refractivity contribution in [1.29, 1.82) is 5.26 Å². The number of nitrogens with zero attached hydrogens (tertiary/aromatic N) is 3. The van der Waals surface area contributed by atoms with E-state index in [4.69, 9.17) is 10.00 Å². The molecule has 3 rings (SSSR count). The lowest BCUT2D eigenvalue weighted by molar-refractivity contribution is -0.139. The first kappa shape index (κ1) is 23.9. The van der Waals surface area contributed by atoms with E-state index < -0.39 is 29.8 Å². The lowest BCUT2D eigenvalue weighted by Crippen LogP contribution is -2.51. The molecule has 1 heterocycles. The summed E-state index contributed by atoms with van der Waals surface area (Å²) in [6, 6.07) is 11.4. The van der Waals surface area contributed by atoms with Crippen LogP contribution in [0.1, 0.15) is 43.5 Å². The van der Waals surface area contributed by atoms with E-state index in [9.17, 15) is 22.8 Å². The lowest BCUT2D eigenvalue weighted by atomic mass is 9.92. The minimum atomic E-state index is -4.59. The van der Waals surface area contributed by atoms with Gasteiger partial charge >= 0.3 is 18.2 Å². The standard InChI is InChI=1S/C24H22F3N3O3/c1-4-29-21(17-11-9-16(14-28)10-12-17)20(22(31)33-5-2)15(3)30(23(29)32)19-8-6-7-18(13-19)24(25,26)27/h6-13,21H,4-5H2,1-3H3. The van der Waals surface area contributed by atoms with Crippen molar-refractivity contribution < 1.29 is 27.5 Å². The molecule has 0 N–H and O–H groups in total. The summed E-state index contributed by atoms with van der Waals surface area (Å²) >= 11 is 0. The number of amides is 2. The molecule has 0 fully saturated rings. The van der Waals surface area contributed by atoms with Crippen LogP contribution in [0.25, 0.3) is 0 Å². The minimum Gasteiger partial charge on any atom is -0.463 e. The summed E-state index contributed by atoms with van der Waals surface area (Å²) < 4.78 is 45.1. The molecule has 1 aliphatic heterocycles. The number of allylic oxidation sites excluding steroid dienone is 1. The maximum Gasteiger partial charge on any atom is 0.416 e. The van der Waals surface area contributed by atoms with Crippen molar-refractivity contribution in [3.63, 3.8) is 0 Å². The molecular formula is C24H22F3N3O3. The van der Waals surface area contributed by atoms with Crippen molar-refractivity contribution in [2.24, 2.45) is 0 Å². The fraction of sp³-hybridized carbons (Fsp3) is 0.292. The second-order valence-corrected chi connectivity index (χ2v) is 7.31. The molecule has 2 amide bonds. The number of alkyl halides is 3. The smallest absolute Gasteiger partial charge is 0.416 e. The fourth-order valence-electron chi connectivity index (χ4n) is 3.85. The van der Waals surface area contributed by atoms with Crippen LogP contribution in [0.3, 0.4) is 0 Å². The lowest BCUT2D eigenvalue weighted by Gasteiger charge is -2.42. The Bertz CT molecular complexity index is 1130. The van der Waals surface area contributed by atoms with Crippen molar-refractivity contribution in [3.8, 4) is 6.07 Å². The Hall–Kier alpha value is -3.80. The van der Waals surface area contributed by atoms with E-state index in [1.807, 2.05) is 6.07 Å². The van der Waals surface area contributed by atoms with E-state index in [-0.39, 0.29) is 30.1 Å². The monoisotopic (exact) mass is 457 g/mol. The number of carbonyl (C=O) groups excluding carboxylic acids is 2. The maximum atomic E-state index is 13.5. The Balaban J connectivity index is 2.23. The molecule has 33 heavy (non-hydrogen) atoms. The van der Waals surface area contributed by atoms with Gasteiger partial charge in [-0.15, -0.1) is 0 Å². The van der Waals surface area contributed by atoms with Gasteiger partial charge in [-0.05, 0) is 56.7 Å². The van der Waals surface area contributed by atoms with Crippen LogP contribution in [0, 0.1) is 11.3 Å². The van der Waals surface area contributed by atoms with Crippen LogP contribution in [-0.2, 0) is 15.7 Å². The van der Waals surface area contributed by atoms with Crippen molar-refractivity contribution in [1.82, 2.24) is 4.90 Å². The van der Waals surface area contributed by atoms with Crippen molar-refractivity contribution >= 4 is 17.7 Å². The Labute approximate surface area is 189 Å². The quantitative estimate of drug-likeness (QED) is 0.562. The number of hydrogen-bond acceptors (Lipinski definition) is 4. The summed E-state index contributed by atoms with van der Waals surface area (Å²) in [6.07, 6.45) is -4.59. The summed E-state index contributed by atoms with van der Waals surface area (Å²) in [4.78, 5) is 29.0. The molecule has 2 aromatic carbocycles. The molecule has 6 nitrogen and oxygen atoms in total. The number of likely N-dealkylation sites (N-methyl/N-ethyl adjacent to an activating group) is 1. The molecule has 9 heteroatoms. The number of carbonyl (C=O) groups is 2. The number of anilines is 1. The third-order valence-electron chi connectivity index (χ3n) is 5.37. The second kappa shape index (κ2) is 9.36. The average molecular weight is 457 g/mol. The van der Waals surface area contributed by atoms with Crippen molar-refractivity contribution in [2.45, 2.75) is 33.0 Å². The van der Waals surface area contributed by atoms with E-state index in [0.717, 1.165) is 17.0 Å². The highest BCUT2D eigenvalue weighted by molar-refractivity contribution is 6.03. The Morgan fingerprint density at radius 2 is 1.82 bits per heavy atom. The van der Waals surface area contributed by atoms with Gasteiger partial charge in [0.2, 0.25) is 0 Å². The van der Waals surface area contributed by atoms with Gasteiger partial charge in [-0.3, -0.25) is 4.90 Å². The van der Waals surface area contributed by atoms with Gasteiger partial charge in [0.05, 0.1) is 41.1 Å². The molecule has 1 atom stereocenters. The van der Waals surface area contributed by atoms with Crippen LogP contribution in [0.5, 0.6) is 0 Å². The van der Waals surface area contributed by atoms with Crippen LogP contribution in [0.15, 0.2) is 59.8 Å². The van der Waals surface area contributed by atoms with Crippen LogP contribution in [0.4, 0.5) is 23.7 Å². The van der Waals surface area contributed by atoms with Gasteiger partial charge in [-0.1, -0.05) is 18.2 Å². The Kier molecular flexibility index (Phi) is 6.77. The number of ether oxygens (including phenoxy) is 1. The van der Waals surface area contributed by atoms with Crippen LogP contribution >= 0.6 is 0 Å². The summed E-state index contributed by atoms with van der Waals surface area (Å²) in [6.45, 7) is 5.12. The van der Waals surface area contributed by atoms with Crippen molar-refractivity contribution in [3.05, 3.63) is 76.5 Å². The van der Waals surface area contributed by atoms with Gasteiger partial charge in [-0.2, -0.15) is 18.4 Å². The third-order valence-corrected chi connectivity index (χ3v) is 5.37. The molecule has 172 valence electrons. The number of urea groups is 1. The molecule has 0 saturated heterocycles. The number of nitriles is 1. The molecule has 0 aromatic heterocycles. The molecule has 0 radical (unpaired) electrons. The predicted molar refractivity (Wildman–Crippen MR) is 115 cm³/mol. The number of halogens is 3. The van der Waals surface area contributed by atoms with Gasteiger partial charge in [0.15, 0.2) is 0 Å². The van der Waals surface area contributed by atoms with Crippen molar-refractivity contribution in [2.75, 3.05) is 18.1 Å². The number of hydrogen-bond donors (Lipinski definition) is 0. The highest BCUT2D eigenvalue weighted by Crippen LogP contribution is 2.41. The normalized spacial score (nSPS) is 16.6. The first-order valence-corrected chi connectivity index (χ1v) is 10.3. The summed E-state index contributed by atoms with van der Waals surface area (Å²) in [5.41, 5.74) is 0.391. The maximum absolute atomic E-state index is 13.5. The molecule has 2 aromatic rings. The minimum absolute atomic E-state index is 0.00847. The van der Waals surface area contributed by atoms with Crippen LogP contribution in [-0.4, -0.2) is 30.1 Å². The summed E-state index contributed by atoms with van der Waals surface area (Å²) in [5, 5.41) is 9.09. The van der Waals surface area contributed by atoms with Crippen LogP contribution < -0.4 is 4.90 Å². The van der Waals surface area contributed by atoms with Gasteiger partial charge < -0.3 is 9.64 Å². The van der Waals surface area contributed by atoms with E-state index in [0.29, 0.717) is 11.1 Å². The van der Waals surface area contributed by atoms with Crippen LogP contribution in [0.2, 0.25) is 0 Å². The molecule has 1 aliphatic rings. The van der Waals surface area contributed by atoms with Gasteiger partial charge in [0.25, 0.3) is 0 Å². The predicted octanol–water partition coefficient (Wildman–Crippen LogP) is 5.42. The largest absolute Gasteiger partial charge is 0.463 e. The second-order valence-electron chi connectivity index (χ2n) is 7.31. The zero-order chi connectivity index (χ0) is 24.3. The number of benzene rings is 2. The molecule has 0 saturated carbocycles. The Morgan fingerprint density at radius 1 is 1.15 bits per heavy atom. The number of esters is 1. The van der Waals surface area contributed by atoms with E-state index in [1.54, 1.807) is 38.1 Å². The molecule has 0 aliphatic carbocycles. The van der Waals surface area contributed by atoms with Gasteiger partial charge in [0, 0.05) is 12.2 Å². The highest BCUT2D eigenvalue weighted by atomic mass is 19.4. The average Bonchev–Trinajstić information content (AvgIpc) is 2.78. The first-order valence-electron chi connectivity index (χ1n) is 10.3. The zero-order valence-electron chi connectivity index (χ0n) is 18.3. The van der Waals surface area contributed by atoms with Gasteiger partial charge in [0.1, 0.15) is 0 Å². The van der Waals surface area contributed by atoms with E-state index >= 15 is 0 Å². The molecule has 0 spiro atoms. The third kappa shape index (κ3) is 4.55. The first-order chi connectivity index (χ1) is 15.6. The van der Waals surface area contributed by atoms with Gasteiger partial charge in [-0.25, -0.2) is 9.59 Å². The molecule has 1 unspecified atom stereocenters. The van der Waals surface area contributed by atoms with E-state index in [1.165, 1.54) is 24.0 Å². The SMILES string of the molecule is CCOC(=O)C1=C(C)N(c2cccc(C(F)(F)F)c2)C(=O)N(CC)C1c1ccc(C#N)cc1. The molecular weight excluding hydrogens is 435 g/mol. The van der Waals surface area contributed by atoms with E-state index in [2.05, 4.69) is 0 Å².